The number of methoxy groups -OCH3 is 1. The van der Waals surface area contributed by atoms with Gasteiger partial charge in [0.1, 0.15) is 11.6 Å². The van der Waals surface area contributed by atoms with Crippen LogP contribution in [0.3, 0.4) is 0 Å². The summed E-state index contributed by atoms with van der Waals surface area (Å²) in [7, 11) is 1.57. The van der Waals surface area contributed by atoms with Gasteiger partial charge in [0, 0.05) is 19.0 Å². The number of amides is 1. The van der Waals surface area contributed by atoms with E-state index >= 15 is 0 Å². The fourth-order valence-corrected chi connectivity index (χ4v) is 3.83. The molecule has 1 amide bonds. The van der Waals surface area contributed by atoms with Crippen LogP contribution < -0.4 is 9.64 Å². The number of nitriles is 1. The van der Waals surface area contributed by atoms with Crippen molar-refractivity contribution in [2.45, 2.75) is 43.8 Å². The smallest absolute Gasteiger partial charge is 0.237 e. The van der Waals surface area contributed by atoms with Gasteiger partial charge in [-0.05, 0) is 31.9 Å². The predicted molar refractivity (Wildman–Crippen MR) is 104 cm³/mol. The van der Waals surface area contributed by atoms with Crippen molar-refractivity contribution in [3.8, 4) is 11.8 Å². The second-order valence-electron chi connectivity index (χ2n) is 6.27. The number of anilines is 1. The van der Waals surface area contributed by atoms with E-state index in [-0.39, 0.29) is 18.1 Å². The van der Waals surface area contributed by atoms with E-state index in [0.717, 1.165) is 30.4 Å². The highest BCUT2D eigenvalue weighted by Gasteiger charge is 2.30. The molecule has 1 heterocycles. The molecule has 0 spiro atoms. The Labute approximate surface area is 163 Å². The minimum Gasteiger partial charge on any atom is -0.495 e. The number of thioether (sulfide) groups is 1. The lowest BCUT2D eigenvalue weighted by molar-refractivity contribution is -0.116. The quantitative estimate of drug-likeness (QED) is 0.616. The van der Waals surface area contributed by atoms with Crippen LogP contribution >= 0.6 is 11.8 Å². The lowest BCUT2D eigenvalue weighted by Crippen LogP contribution is -2.33. The highest BCUT2D eigenvalue weighted by molar-refractivity contribution is 7.99. The Morgan fingerprint density at radius 2 is 2.19 bits per heavy atom. The van der Waals surface area contributed by atoms with Gasteiger partial charge in [-0.2, -0.15) is 5.26 Å². The second-order valence-corrected chi connectivity index (χ2v) is 7.22. The number of ether oxygens (including phenoxy) is 1. The van der Waals surface area contributed by atoms with Crippen molar-refractivity contribution in [2.75, 3.05) is 24.3 Å². The fourth-order valence-electron chi connectivity index (χ4n) is 2.95. The number of carbonyl (C=O) groups is 1. The summed E-state index contributed by atoms with van der Waals surface area (Å²) in [6.07, 6.45) is 2.58. The average molecular weight is 385 g/mol. The lowest BCUT2D eigenvalue weighted by atomic mass is 10.2. The van der Waals surface area contributed by atoms with Crippen molar-refractivity contribution in [1.29, 1.82) is 5.26 Å². The van der Waals surface area contributed by atoms with Crippen LogP contribution in [-0.2, 0) is 11.3 Å². The maximum atomic E-state index is 12.9. The molecule has 0 unspecified atom stereocenters. The third kappa shape index (κ3) is 4.42. The summed E-state index contributed by atoms with van der Waals surface area (Å²) < 4.78 is 7.48. The molecule has 0 saturated heterocycles. The van der Waals surface area contributed by atoms with Crippen molar-refractivity contribution in [1.82, 2.24) is 14.8 Å². The monoisotopic (exact) mass is 385 g/mol. The lowest BCUT2D eigenvalue weighted by Gasteiger charge is -2.23. The normalized spacial score (nSPS) is 13.2. The number of hydrogen-bond donors (Lipinski definition) is 0. The zero-order chi connectivity index (χ0) is 19.2. The van der Waals surface area contributed by atoms with Crippen molar-refractivity contribution >= 4 is 23.4 Å². The maximum Gasteiger partial charge on any atom is 0.237 e. The van der Waals surface area contributed by atoms with Crippen molar-refractivity contribution in [2.24, 2.45) is 0 Å². The molecule has 0 bridgehead atoms. The highest BCUT2D eigenvalue weighted by Crippen LogP contribution is 2.40. The number of carbonyl (C=O) groups excluding carboxylic acids is 1. The molecule has 8 heteroatoms. The van der Waals surface area contributed by atoms with Crippen LogP contribution in [-0.4, -0.2) is 40.1 Å². The molecule has 7 nitrogen and oxygen atoms in total. The van der Waals surface area contributed by atoms with Crippen LogP contribution in [0.5, 0.6) is 5.75 Å². The first-order valence-electron chi connectivity index (χ1n) is 9.05. The number of benzene rings is 1. The number of aromatic nitrogens is 3. The minimum absolute atomic E-state index is 0.0848. The number of para-hydroxylation sites is 2. The Morgan fingerprint density at radius 1 is 1.41 bits per heavy atom. The van der Waals surface area contributed by atoms with E-state index in [4.69, 9.17) is 10.00 Å². The van der Waals surface area contributed by atoms with E-state index in [1.807, 2.05) is 24.3 Å². The molecular formula is C19H23N5O2S. The molecule has 142 valence electrons. The number of hydrogen-bond acceptors (Lipinski definition) is 6. The van der Waals surface area contributed by atoms with E-state index in [0.29, 0.717) is 23.9 Å². The van der Waals surface area contributed by atoms with E-state index in [1.54, 1.807) is 12.0 Å². The summed E-state index contributed by atoms with van der Waals surface area (Å²) in [5, 5.41) is 18.3. The Hall–Kier alpha value is -2.53. The topological polar surface area (TPSA) is 84.0 Å². The maximum absolute atomic E-state index is 12.9. The van der Waals surface area contributed by atoms with E-state index in [1.165, 1.54) is 11.8 Å². The third-order valence-corrected chi connectivity index (χ3v) is 5.40. The molecule has 0 atom stereocenters. The number of rotatable bonds is 9. The van der Waals surface area contributed by atoms with Gasteiger partial charge in [0.25, 0.3) is 0 Å². The van der Waals surface area contributed by atoms with Gasteiger partial charge in [-0.1, -0.05) is 23.9 Å². The molecule has 27 heavy (non-hydrogen) atoms. The molecule has 2 aromatic rings. The summed E-state index contributed by atoms with van der Waals surface area (Å²) >= 11 is 1.39. The Kier molecular flexibility index (Phi) is 6.35. The molecule has 1 aromatic heterocycles. The van der Waals surface area contributed by atoms with Crippen molar-refractivity contribution in [3.63, 3.8) is 0 Å². The summed E-state index contributed by atoms with van der Waals surface area (Å²) in [5.41, 5.74) is 0.677. The van der Waals surface area contributed by atoms with Gasteiger partial charge >= 0.3 is 0 Å². The molecule has 1 aromatic carbocycles. The fraction of sp³-hybridized carbons (Fsp3) is 0.474. The molecule has 1 aliphatic carbocycles. The van der Waals surface area contributed by atoms with Crippen LogP contribution in [0.1, 0.15) is 37.9 Å². The van der Waals surface area contributed by atoms with Gasteiger partial charge in [0.2, 0.25) is 5.91 Å². The SMILES string of the molecule is CCn1c(SCC(=O)N(CCC#N)c2ccccc2OC)nnc1C1CC1. The van der Waals surface area contributed by atoms with Gasteiger partial charge < -0.3 is 14.2 Å². The predicted octanol–water partition coefficient (Wildman–Crippen LogP) is 3.22. The first-order valence-corrected chi connectivity index (χ1v) is 10.0. The van der Waals surface area contributed by atoms with E-state index in [2.05, 4.69) is 27.8 Å². The van der Waals surface area contributed by atoms with Crippen LogP contribution in [0.2, 0.25) is 0 Å². The zero-order valence-electron chi connectivity index (χ0n) is 15.6. The van der Waals surface area contributed by atoms with Crippen LogP contribution in [0.15, 0.2) is 29.4 Å². The van der Waals surface area contributed by atoms with Crippen molar-refractivity contribution in [3.05, 3.63) is 30.1 Å². The largest absolute Gasteiger partial charge is 0.495 e. The number of nitrogens with zero attached hydrogens (tertiary/aromatic N) is 5. The van der Waals surface area contributed by atoms with Gasteiger partial charge in [-0.3, -0.25) is 4.79 Å². The molecule has 0 aliphatic heterocycles. The van der Waals surface area contributed by atoms with Gasteiger partial charge in [0.15, 0.2) is 5.16 Å². The summed E-state index contributed by atoms with van der Waals surface area (Å²) in [4.78, 5) is 14.5. The van der Waals surface area contributed by atoms with Crippen LogP contribution in [0.25, 0.3) is 0 Å². The highest BCUT2D eigenvalue weighted by atomic mass is 32.2. The van der Waals surface area contributed by atoms with Crippen LogP contribution in [0.4, 0.5) is 5.69 Å². The van der Waals surface area contributed by atoms with Gasteiger partial charge in [-0.25, -0.2) is 0 Å². The van der Waals surface area contributed by atoms with Crippen molar-refractivity contribution < 1.29 is 9.53 Å². The Bertz CT molecular complexity index is 841. The second kappa shape index (κ2) is 8.91. The van der Waals surface area contributed by atoms with Gasteiger partial charge in [0.05, 0.1) is 31.0 Å². The Balaban J connectivity index is 1.74. The first-order chi connectivity index (χ1) is 13.2. The molecule has 0 radical (unpaired) electrons. The van der Waals surface area contributed by atoms with Crippen LogP contribution in [0, 0.1) is 11.3 Å². The standard InChI is InChI=1S/C19H23N5O2S/c1-3-23-18(14-9-10-14)21-22-19(23)27-13-17(25)24(12-6-11-20)15-7-4-5-8-16(15)26-2/h4-5,7-8,14H,3,6,9-10,12-13H2,1-2H3. The zero-order valence-corrected chi connectivity index (χ0v) is 16.4. The average Bonchev–Trinajstić information content (AvgIpc) is 3.46. The van der Waals surface area contributed by atoms with Gasteiger partial charge in [-0.15, -0.1) is 10.2 Å². The summed E-state index contributed by atoms with van der Waals surface area (Å²) in [6.45, 7) is 3.18. The molecule has 1 saturated carbocycles. The van der Waals surface area contributed by atoms with E-state index in [9.17, 15) is 4.79 Å². The molecule has 1 aliphatic rings. The van der Waals surface area contributed by atoms with E-state index < -0.39 is 0 Å². The molecule has 1 fully saturated rings. The summed E-state index contributed by atoms with van der Waals surface area (Å²) in [5.74, 6) is 2.30. The minimum atomic E-state index is -0.0848. The third-order valence-electron chi connectivity index (χ3n) is 4.45. The first kappa shape index (κ1) is 19.2. The molecular weight excluding hydrogens is 362 g/mol. The molecule has 3 rings (SSSR count). The Morgan fingerprint density at radius 3 is 2.85 bits per heavy atom. The summed E-state index contributed by atoms with van der Waals surface area (Å²) in [6, 6.07) is 9.46. The molecule has 0 N–H and O–H groups in total.